The fourth-order valence-electron chi connectivity index (χ4n) is 1.15. The monoisotopic (exact) mass is 450 g/mol. The normalized spacial score (nSPS) is 8.42. The third-order valence-electron chi connectivity index (χ3n) is 2.02. The van der Waals surface area contributed by atoms with Crippen LogP contribution in [0.15, 0.2) is 60.7 Å². The van der Waals surface area contributed by atoms with Crippen LogP contribution in [0.2, 0.25) is 0 Å². The van der Waals surface area contributed by atoms with Gasteiger partial charge in [0.05, 0.1) is 11.9 Å². The first-order chi connectivity index (χ1) is 8.61. The van der Waals surface area contributed by atoms with E-state index in [0.717, 1.165) is 0 Å². The summed E-state index contributed by atoms with van der Waals surface area (Å²) in [5, 5.41) is 20.2. The fraction of sp³-hybridized carbons (Fsp3) is 0. The predicted octanol–water partition coefficient (Wildman–Crippen LogP) is -0.281. The topological polar surface area (TPSA) is 80.3 Å². The van der Waals surface area contributed by atoms with Crippen LogP contribution in [0.25, 0.3) is 0 Å². The van der Waals surface area contributed by atoms with Gasteiger partial charge in [-0.15, -0.1) is 0 Å². The summed E-state index contributed by atoms with van der Waals surface area (Å²) in [4.78, 5) is 20.2. The standard InChI is InChI=1S/2C7H6O2.Pb/c2*8-7(9)6-4-2-1-3-5-6;/h2*1-5H,(H,8,9);/q;;+2/p-2. The maximum atomic E-state index is 10.1. The molecule has 0 saturated heterocycles. The Balaban J connectivity index is 0.000000324. The molecule has 0 N–H and O–H groups in total. The van der Waals surface area contributed by atoms with Crippen molar-refractivity contribution in [1.29, 1.82) is 0 Å². The molecule has 0 heterocycles. The van der Waals surface area contributed by atoms with E-state index in [9.17, 15) is 19.8 Å². The van der Waals surface area contributed by atoms with Gasteiger partial charge in [-0.1, -0.05) is 60.7 Å². The van der Waals surface area contributed by atoms with Gasteiger partial charge >= 0.3 is 27.3 Å². The molecule has 0 aromatic heterocycles. The Morgan fingerprint density at radius 1 is 0.632 bits per heavy atom. The SMILES string of the molecule is O=C([O-])c1ccccc1.O=C([O-])c1ccccc1.[Pb+2]. The van der Waals surface area contributed by atoms with Gasteiger partial charge in [0.15, 0.2) is 0 Å². The van der Waals surface area contributed by atoms with Gasteiger partial charge < -0.3 is 19.8 Å². The van der Waals surface area contributed by atoms with Crippen LogP contribution in [0.3, 0.4) is 0 Å². The zero-order valence-electron chi connectivity index (χ0n) is 9.91. The molecule has 0 spiro atoms. The van der Waals surface area contributed by atoms with Gasteiger partial charge in [-0.2, -0.15) is 0 Å². The summed E-state index contributed by atoms with van der Waals surface area (Å²) in [6.45, 7) is 0. The van der Waals surface area contributed by atoms with E-state index in [1.54, 1.807) is 36.4 Å². The van der Waals surface area contributed by atoms with Crippen molar-refractivity contribution in [3.63, 3.8) is 0 Å². The Morgan fingerprint density at radius 3 is 1.05 bits per heavy atom. The van der Waals surface area contributed by atoms with Crippen molar-refractivity contribution in [3.05, 3.63) is 71.8 Å². The van der Waals surface area contributed by atoms with Crippen molar-refractivity contribution in [2.45, 2.75) is 0 Å². The Bertz CT molecular complexity index is 462. The summed E-state index contributed by atoms with van der Waals surface area (Å²) in [7, 11) is 0. The predicted molar refractivity (Wildman–Crippen MR) is 67.3 cm³/mol. The van der Waals surface area contributed by atoms with Gasteiger partial charge in [0.1, 0.15) is 0 Å². The summed E-state index contributed by atoms with van der Waals surface area (Å²) >= 11 is 0. The number of carbonyl (C=O) groups is 2. The average molecular weight is 449 g/mol. The maximum absolute atomic E-state index is 10.1. The van der Waals surface area contributed by atoms with Crippen LogP contribution in [0.5, 0.6) is 0 Å². The molecule has 0 aliphatic carbocycles. The Hall–Kier alpha value is -1.70. The summed E-state index contributed by atoms with van der Waals surface area (Å²) in [6.07, 6.45) is 0. The molecule has 2 aromatic carbocycles. The summed E-state index contributed by atoms with van der Waals surface area (Å²) in [5.74, 6) is -2.26. The molecule has 4 nitrogen and oxygen atoms in total. The third kappa shape index (κ3) is 6.70. The van der Waals surface area contributed by atoms with E-state index in [1.807, 2.05) is 0 Å². The summed E-state index contributed by atoms with van der Waals surface area (Å²) in [5.41, 5.74) is 0.440. The third-order valence-corrected chi connectivity index (χ3v) is 2.02. The second kappa shape index (κ2) is 9.26. The number of rotatable bonds is 2. The van der Waals surface area contributed by atoms with E-state index >= 15 is 0 Å². The minimum absolute atomic E-state index is 0. The molecule has 5 heteroatoms. The number of carboxylic acids is 2. The number of aromatic carboxylic acids is 2. The summed E-state index contributed by atoms with van der Waals surface area (Å²) < 4.78 is 0. The average Bonchev–Trinajstić information content (AvgIpc) is 2.41. The molecule has 0 aliphatic rings. The van der Waals surface area contributed by atoms with E-state index in [2.05, 4.69) is 0 Å². The number of carboxylic acid groups (broad SMARTS) is 2. The van der Waals surface area contributed by atoms with Gasteiger partial charge in [-0.3, -0.25) is 0 Å². The van der Waals surface area contributed by atoms with Gasteiger partial charge in [0.25, 0.3) is 0 Å². The molecule has 0 bridgehead atoms. The van der Waals surface area contributed by atoms with Gasteiger partial charge in [0, 0.05) is 0 Å². The first-order valence-electron chi connectivity index (χ1n) is 5.14. The van der Waals surface area contributed by atoms with Crippen LogP contribution in [0, 0.1) is 0 Å². The Morgan fingerprint density at radius 2 is 0.895 bits per heavy atom. The molecule has 0 amide bonds. The molecule has 19 heavy (non-hydrogen) atoms. The van der Waals surface area contributed by atoms with E-state index in [1.165, 1.54) is 24.3 Å². The van der Waals surface area contributed by atoms with E-state index in [-0.39, 0.29) is 38.4 Å². The molecular weight excluding hydrogens is 439 g/mol. The fourth-order valence-corrected chi connectivity index (χ4v) is 1.15. The molecule has 0 aliphatic heterocycles. The first-order valence-corrected chi connectivity index (χ1v) is 5.14. The second-order valence-electron chi connectivity index (χ2n) is 3.31. The number of benzene rings is 2. The van der Waals surface area contributed by atoms with Crippen molar-refractivity contribution in [2.24, 2.45) is 0 Å². The Labute approximate surface area is 130 Å². The van der Waals surface area contributed by atoms with Crippen LogP contribution in [0.1, 0.15) is 20.7 Å². The van der Waals surface area contributed by atoms with Crippen molar-refractivity contribution in [3.8, 4) is 0 Å². The van der Waals surface area contributed by atoms with Gasteiger partial charge in [0.2, 0.25) is 0 Å². The van der Waals surface area contributed by atoms with Crippen molar-refractivity contribution < 1.29 is 19.8 Å². The van der Waals surface area contributed by atoms with Crippen LogP contribution in [0.4, 0.5) is 0 Å². The number of hydrogen-bond acceptors (Lipinski definition) is 4. The first kappa shape index (κ1) is 17.3. The minimum atomic E-state index is -1.13. The van der Waals surface area contributed by atoms with Crippen LogP contribution in [-0.2, 0) is 0 Å². The minimum Gasteiger partial charge on any atom is -0.545 e. The maximum Gasteiger partial charge on any atom is 2.00 e. The molecule has 2 radical (unpaired) electrons. The smallest absolute Gasteiger partial charge is 0.545 e. The molecule has 2 aromatic rings. The van der Waals surface area contributed by atoms with E-state index < -0.39 is 11.9 Å². The Kier molecular flexibility index (Phi) is 8.43. The molecule has 0 saturated carbocycles. The molecule has 2 rings (SSSR count). The molecular formula is C14H10O4Pb. The molecule has 0 unspecified atom stereocenters. The van der Waals surface area contributed by atoms with Crippen molar-refractivity contribution in [1.82, 2.24) is 0 Å². The van der Waals surface area contributed by atoms with Crippen molar-refractivity contribution in [2.75, 3.05) is 0 Å². The molecule has 0 atom stereocenters. The molecule has 0 fully saturated rings. The zero-order chi connectivity index (χ0) is 13.4. The van der Waals surface area contributed by atoms with Gasteiger partial charge in [-0.05, 0) is 11.1 Å². The second-order valence-corrected chi connectivity index (χ2v) is 3.31. The van der Waals surface area contributed by atoms with E-state index in [4.69, 9.17) is 0 Å². The van der Waals surface area contributed by atoms with Crippen LogP contribution < -0.4 is 10.2 Å². The van der Waals surface area contributed by atoms with Crippen molar-refractivity contribution >= 4 is 39.2 Å². The van der Waals surface area contributed by atoms with Gasteiger partial charge in [-0.25, -0.2) is 0 Å². The number of hydrogen-bond donors (Lipinski definition) is 0. The summed E-state index contributed by atoms with van der Waals surface area (Å²) in [6, 6.07) is 16.1. The molecule has 94 valence electrons. The quantitative estimate of drug-likeness (QED) is 0.591. The van der Waals surface area contributed by atoms with E-state index in [0.29, 0.717) is 0 Å². The number of carbonyl (C=O) groups excluding carboxylic acids is 2. The zero-order valence-corrected chi connectivity index (χ0v) is 13.8. The largest absolute Gasteiger partial charge is 2.00 e. The van der Waals surface area contributed by atoms with Crippen LogP contribution in [-0.4, -0.2) is 39.2 Å². The van der Waals surface area contributed by atoms with Crippen LogP contribution >= 0.6 is 0 Å².